The topological polar surface area (TPSA) is 83.0 Å². The van der Waals surface area contributed by atoms with Gasteiger partial charge >= 0.3 is 5.97 Å². The van der Waals surface area contributed by atoms with Crippen molar-refractivity contribution in [1.29, 1.82) is 0 Å². The van der Waals surface area contributed by atoms with Crippen molar-refractivity contribution in [2.75, 3.05) is 6.61 Å². The third kappa shape index (κ3) is 3.87. The van der Waals surface area contributed by atoms with E-state index in [4.69, 9.17) is 9.15 Å². The van der Waals surface area contributed by atoms with Crippen LogP contribution in [0.25, 0.3) is 11.5 Å². The van der Waals surface area contributed by atoms with Crippen molar-refractivity contribution in [2.45, 2.75) is 19.8 Å². The Labute approximate surface area is 139 Å². The molecule has 0 saturated carbocycles. The number of aromatic nitrogens is 4. The summed E-state index contributed by atoms with van der Waals surface area (Å²) in [6.07, 6.45) is 5.34. The van der Waals surface area contributed by atoms with Crippen LogP contribution in [0, 0.1) is 6.92 Å². The molecule has 0 saturated heterocycles. The number of carbonyl (C=O) groups excluding carboxylic acids is 1. The summed E-state index contributed by atoms with van der Waals surface area (Å²) in [5, 5.41) is 11.8. The SMILES string of the molecule is Cc1nnc(-c2cccc(C(=O)OCCCc3cnn(C)c3)c2)o1. The molecule has 0 unspecified atom stereocenters. The fourth-order valence-electron chi connectivity index (χ4n) is 2.32. The molecule has 0 aliphatic carbocycles. The van der Waals surface area contributed by atoms with Crippen molar-refractivity contribution < 1.29 is 13.9 Å². The predicted molar refractivity (Wildman–Crippen MR) is 86.3 cm³/mol. The molecule has 7 heteroatoms. The Hall–Kier alpha value is -2.96. The number of esters is 1. The first-order chi connectivity index (χ1) is 11.6. The summed E-state index contributed by atoms with van der Waals surface area (Å²) in [7, 11) is 1.88. The fourth-order valence-corrected chi connectivity index (χ4v) is 2.32. The van der Waals surface area contributed by atoms with E-state index in [9.17, 15) is 4.79 Å². The standard InChI is InChI=1S/C17H18N4O3/c1-12-19-20-16(24-12)14-6-3-7-15(9-14)17(22)23-8-4-5-13-10-18-21(2)11-13/h3,6-7,9-11H,4-5,8H2,1-2H3. The van der Waals surface area contributed by atoms with Crippen LogP contribution in [-0.2, 0) is 18.2 Å². The van der Waals surface area contributed by atoms with E-state index >= 15 is 0 Å². The number of carbonyl (C=O) groups is 1. The Morgan fingerprint density at radius 3 is 2.92 bits per heavy atom. The van der Waals surface area contributed by atoms with Crippen LogP contribution >= 0.6 is 0 Å². The van der Waals surface area contributed by atoms with Gasteiger partial charge in [0, 0.05) is 25.7 Å². The van der Waals surface area contributed by atoms with Gasteiger partial charge in [-0.3, -0.25) is 4.68 Å². The van der Waals surface area contributed by atoms with Gasteiger partial charge in [0.2, 0.25) is 11.8 Å². The summed E-state index contributed by atoms with van der Waals surface area (Å²) in [5.41, 5.74) is 2.28. The summed E-state index contributed by atoms with van der Waals surface area (Å²) in [5.74, 6) is 0.506. The fraction of sp³-hybridized carbons (Fsp3) is 0.294. The Morgan fingerprint density at radius 1 is 1.33 bits per heavy atom. The second-order valence-electron chi connectivity index (χ2n) is 5.47. The monoisotopic (exact) mass is 326 g/mol. The number of benzene rings is 1. The Morgan fingerprint density at radius 2 is 2.21 bits per heavy atom. The van der Waals surface area contributed by atoms with E-state index in [0.717, 1.165) is 18.4 Å². The predicted octanol–water partition coefficient (Wildman–Crippen LogP) is 2.57. The minimum Gasteiger partial charge on any atom is -0.462 e. The highest BCUT2D eigenvalue weighted by molar-refractivity contribution is 5.90. The molecule has 0 aliphatic heterocycles. The third-order valence-corrected chi connectivity index (χ3v) is 3.47. The molecule has 24 heavy (non-hydrogen) atoms. The van der Waals surface area contributed by atoms with E-state index in [1.165, 1.54) is 0 Å². The lowest BCUT2D eigenvalue weighted by Crippen LogP contribution is -2.07. The largest absolute Gasteiger partial charge is 0.462 e. The van der Waals surface area contributed by atoms with Crippen LogP contribution in [0.3, 0.4) is 0 Å². The van der Waals surface area contributed by atoms with Gasteiger partial charge in [-0.1, -0.05) is 6.07 Å². The molecule has 2 heterocycles. The van der Waals surface area contributed by atoms with Crippen LogP contribution in [0.5, 0.6) is 0 Å². The minimum atomic E-state index is -0.362. The Kier molecular flexibility index (Phi) is 4.69. The maximum Gasteiger partial charge on any atom is 0.338 e. The summed E-state index contributed by atoms with van der Waals surface area (Å²) in [6.45, 7) is 2.08. The molecule has 0 amide bonds. The normalized spacial score (nSPS) is 10.8. The molecule has 0 atom stereocenters. The molecular weight excluding hydrogens is 308 g/mol. The Bertz CT molecular complexity index is 838. The lowest BCUT2D eigenvalue weighted by molar-refractivity contribution is 0.0500. The molecule has 0 fully saturated rings. The number of rotatable bonds is 6. The summed E-state index contributed by atoms with van der Waals surface area (Å²) < 4.78 is 12.4. The van der Waals surface area contributed by atoms with Gasteiger partial charge < -0.3 is 9.15 Å². The van der Waals surface area contributed by atoms with Crippen LogP contribution in [0.2, 0.25) is 0 Å². The average molecular weight is 326 g/mol. The zero-order valence-electron chi connectivity index (χ0n) is 13.6. The van der Waals surface area contributed by atoms with Gasteiger partial charge in [-0.25, -0.2) is 4.79 Å². The Balaban J connectivity index is 1.55. The second-order valence-corrected chi connectivity index (χ2v) is 5.47. The quantitative estimate of drug-likeness (QED) is 0.511. The molecule has 0 aliphatic rings. The minimum absolute atomic E-state index is 0.359. The van der Waals surface area contributed by atoms with Crippen LogP contribution in [0.4, 0.5) is 0 Å². The van der Waals surface area contributed by atoms with Crippen molar-refractivity contribution in [3.05, 3.63) is 53.7 Å². The van der Waals surface area contributed by atoms with Crippen molar-refractivity contribution in [3.63, 3.8) is 0 Å². The van der Waals surface area contributed by atoms with Crippen LogP contribution in [0.1, 0.15) is 28.2 Å². The number of nitrogens with zero attached hydrogens (tertiary/aromatic N) is 4. The highest BCUT2D eigenvalue weighted by Gasteiger charge is 2.11. The van der Waals surface area contributed by atoms with Gasteiger partial charge in [-0.05, 0) is 36.6 Å². The number of hydrogen-bond acceptors (Lipinski definition) is 6. The maximum atomic E-state index is 12.1. The van der Waals surface area contributed by atoms with Crippen molar-refractivity contribution >= 4 is 5.97 Å². The smallest absolute Gasteiger partial charge is 0.338 e. The highest BCUT2D eigenvalue weighted by atomic mass is 16.5. The molecule has 2 aromatic heterocycles. The molecule has 0 radical (unpaired) electrons. The molecule has 3 rings (SSSR count). The van der Waals surface area contributed by atoms with E-state index in [0.29, 0.717) is 29.5 Å². The first-order valence-electron chi connectivity index (χ1n) is 7.67. The second kappa shape index (κ2) is 7.08. The van der Waals surface area contributed by atoms with E-state index in [-0.39, 0.29) is 5.97 Å². The molecule has 0 bridgehead atoms. The molecule has 3 aromatic rings. The van der Waals surface area contributed by atoms with Gasteiger partial charge in [0.05, 0.1) is 18.4 Å². The third-order valence-electron chi connectivity index (χ3n) is 3.47. The molecule has 0 N–H and O–H groups in total. The van der Waals surface area contributed by atoms with Gasteiger partial charge in [-0.2, -0.15) is 5.10 Å². The van der Waals surface area contributed by atoms with Crippen molar-refractivity contribution in [1.82, 2.24) is 20.0 Å². The van der Waals surface area contributed by atoms with Gasteiger partial charge in [-0.15, -0.1) is 10.2 Å². The van der Waals surface area contributed by atoms with Gasteiger partial charge in [0.15, 0.2) is 0 Å². The zero-order chi connectivity index (χ0) is 16.9. The molecule has 7 nitrogen and oxygen atoms in total. The number of ether oxygens (including phenoxy) is 1. The van der Waals surface area contributed by atoms with E-state index < -0.39 is 0 Å². The lowest BCUT2D eigenvalue weighted by Gasteiger charge is -2.05. The highest BCUT2D eigenvalue weighted by Crippen LogP contribution is 2.19. The average Bonchev–Trinajstić information content (AvgIpc) is 3.20. The van der Waals surface area contributed by atoms with E-state index in [1.807, 2.05) is 25.5 Å². The molecular formula is C17H18N4O3. The maximum absolute atomic E-state index is 12.1. The van der Waals surface area contributed by atoms with Crippen molar-refractivity contribution in [2.24, 2.45) is 7.05 Å². The zero-order valence-corrected chi connectivity index (χ0v) is 13.6. The van der Waals surface area contributed by atoms with Crippen LogP contribution in [0.15, 0.2) is 41.1 Å². The van der Waals surface area contributed by atoms with E-state index in [1.54, 1.807) is 29.8 Å². The lowest BCUT2D eigenvalue weighted by atomic mass is 10.1. The molecule has 0 spiro atoms. The first-order valence-corrected chi connectivity index (χ1v) is 7.67. The molecule has 124 valence electrons. The van der Waals surface area contributed by atoms with Crippen molar-refractivity contribution in [3.8, 4) is 11.5 Å². The number of hydrogen-bond donors (Lipinski definition) is 0. The van der Waals surface area contributed by atoms with E-state index in [2.05, 4.69) is 15.3 Å². The number of aryl methyl sites for hydroxylation is 3. The van der Waals surface area contributed by atoms with Gasteiger partial charge in [0.1, 0.15) is 0 Å². The summed E-state index contributed by atoms with van der Waals surface area (Å²) in [4.78, 5) is 12.1. The summed E-state index contributed by atoms with van der Waals surface area (Å²) in [6, 6.07) is 6.97. The molecule has 1 aromatic carbocycles. The summed E-state index contributed by atoms with van der Waals surface area (Å²) >= 11 is 0. The van der Waals surface area contributed by atoms with Gasteiger partial charge in [0.25, 0.3) is 0 Å². The first kappa shape index (κ1) is 15.9. The van der Waals surface area contributed by atoms with Crippen LogP contribution in [-0.4, -0.2) is 32.6 Å². The van der Waals surface area contributed by atoms with Crippen LogP contribution < -0.4 is 0 Å².